The number of rotatable bonds is 3. The van der Waals surface area contributed by atoms with Crippen LogP contribution in [-0.4, -0.2) is 27.5 Å². The molecular weight excluding hydrogens is 272 g/mol. The number of pyridine rings is 1. The minimum atomic E-state index is 0.535. The zero-order chi connectivity index (χ0) is 15.5. The van der Waals surface area contributed by atoms with Crippen LogP contribution < -0.4 is 4.90 Å². The number of piperidine rings is 1. The fourth-order valence-corrected chi connectivity index (χ4v) is 3.03. The molecule has 1 aliphatic heterocycles. The van der Waals surface area contributed by atoms with E-state index in [1.807, 2.05) is 18.2 Å². The Hall–Kier alpha value is -1.97. The molecule has 0 bridgehead atoms. The van der Waals surface area contributed by atoms with Crippen LogP contribution in [0.5, 0.6) is 0 Å². The average Bonchev–Trinajstić information content (AvgIpc) is 2.57. The fourth-order valence-electron chi connectivity index (χ4n) is 3.03. The maximum atomic E-state index is 4.81. The lowest BCUT2D eigenvalue weighted by Gasteiger charge is -2.37. The van der Waals surface area contributed by atoms with Crippen molar-refractivity contribution in [1.82, 2.24) is 15.0 Å². The van der Waals surface area contributed by atoms with Crippen molar-refractivity contribution in [2.45, 2.75) is 46.1 Å². The zero-order valence-corrected chi connectivity index (χ0v) is 13.7. The third-order valence-electron chi connectivity index (χ3n) is 4.43. The van der Waals surface area contributed by atoms with Crippen LogP contribution in [0.3, 0.4) is 0 Å². The van der Waals surface area contributed by atoms with Crippen LogP contribution in [-0.2, 0) is 6.42 Å². The molecule has 116 valence electrons. The van der Waals surface area contributed by atoms with Gasteiger partial charge >= 0.3 is 0 Å². The van der Waals surface area contributed by atoms with Crippen LogP contribution in [0.15, 0.2) is 30.5 Å². The van der Waals surface area contributed by atoms with Crippen molar-refractivity contribution in [1.29, 1.82) is 0 Å². The molecule has 1 aliphatic rings. The summed E-state index contributed by atoms with van der Waals surface area (Å²) in [4.78, 5) is 16.3. The van der Waals surface area contributed by atoms with E-state index in [-0.39, 0.29) is 0 Å². The lowest BCUT2D eigenvalue weighted by Crippen LogP contribution is -2.41. The van der Waals surface area contributed by atoms with Gasteiger partial charge in [-0.1, -0.05) is 19.9 Å². The van der Waals surface area contributed by atoms with Crippen LogP contribution in [0.2, 0.25) is 0 Å². The highest BCUT2D eigenvalue weighted by Gasteiger charge is 2.24. The van der Waals surface area contributed by atoms with Gasteiger partial charge in [0.15, 0.2) is 5.82 Å². The van der Waals surface area contributed by atoms with Crippen molar-refractivity contribution in [2.24, 2.45) is 5.92 Å². The lowest BCUT2D eigenvalue weighted by molar-refractivity contribution is 0.388. The molecule has 2 aromatic rings. The Morgan fingerprint density at radius 2 is 2.05 bits per heavy atom. The summed E-state index contributed by atoms with van der Waals surface area (Å²) in [6.07, 6.45) is 5.23. The Morgan fingerprint density at radius 3 is 2.77 bits per heavy atom. The van der Waals surface area contributed by atoms with Crippen molar-refractivity contribution >= 4 is 5.82 Å². The minimum absolute atomic E-state index is 0.535. The van der Waals surface area contributed by atoms with Gasteiger partial charge in [-0.2, -0.15) is 0 Å². The number of aromatic nitrogens is 3. The van der Waals surface area contributed by atoms with Gasteiger partial charge < -0.3 is 4.90 Å². The van der Waals surface area contributed by atoms with Crippen LogP contribution in [0.1, 0.15) is 39.3 Å². The quantitative estimate of drug-likeness (QED) is 0.865. The molecule has 4 nitrogen and oxygen atoms in total. The smallest absolute Gasteiger partial charge is 0.180 e. The molecule has 0 aliphatic carbocycles. The molecule has 3 heterocycles. The molecule has 2 unspecified atom stereocenters. The monoisotopic (exact) mass is 296 g/mol. The Bertz CT molecular complexity index is 626. The summed E-state index contributed by atoms with van der Waals surface area (Å²) in [6.45, 7) is 7.82. The van der Waals surface area contributed by atoms with Crippen LogP contribution in [0.4, 0.5) is 5.82 Å². The van der Waals surface area contributed by atoms with Crippen molar-refractivity contribution in [3.8, 4) is 11.5 Å². The van der Waals surface area contributed by atoms with Crippen LogP contribution >= 0.6 is 0 Å². The summed E-state index contributed by atoms with van der Waals surface area (Å²) in [7, 11) is 0. The third-order valence-corrected chi connectivity index (χ3v) is 4.43. The second kappa shape index (κ2) is 6.42. The SMILES string of the molecule is CCc1cc(N2CC(C)CCC2C)nc(-c2ccccn2)n1. The Kier molecular flexibility index (Phi) is 4.36. The summed E-state index contributed by atoms with van der Waals surface area (Å²) in [6, 6.07) is 8.55. The van der Waals surface area contributed by atoms with Crippen molar-refractivity contribution < 1.29 is 0 Å². The van der Waals surface area contributed by atoms with E-state index in [1.165, 1.54) is 12.8 Å². The van der Waals surface area contributed by atoms with Gasteiger partial charge in [0.05, 0.1) is 0 Å². The van der Waals surface area contributed by atoms with E-state index in [1.54, 1.807) is 6.20 Å². The van der Waals surface area contributed by atoms with Gasteiger partial charge in [0.25, 0.3) is 0 Å². The predicted octanol–water partition coefficient (Wildman–Crippen LogP) is 3.73. The lowest BCUT2D eigenvalue weighted by atomic mass is 9.95. The minimum Gasteiger partial charge on any atom is -0.354 e. The van der Waals surface area contributed by atoms with Crippen molar-refractivity contribution in [3.05, 3.63) is 36.2 Å². The molecule has 1 saturated heterocycles. The van der Waals surface area contributed by atoms with E-state index in [0.29, 0.717) is 6.04 Å². The molecule has 22 heavy (non-hydrogen) atoms. The summed E-state index contributed by atoms with van der Waals surface area (Å²) in [5.41, 5.74) is 1.92. The molecule has 2 atom stereocenters. The number of hydrogen-bond acceptors (Lipinski definition) is 4. The standard InChI is InChI=1S/C18H24N4/c1-4-15-11-17(22-12-13(2)8-9-14(22)3)21-18(20-15)16-7-5-6-10-19-16/h5-7,10-11,13-14H,4,8-9,12H2,1-3H3. The van der Waals surface area contributed by atoms with Crippen LogP contribution in [0.25, 0.3) is 11.5 Å². The Balaban J connectivity index is 2.00. The molecule has 3 rings (SSSR count). The predicted molar refractivity (Wildman–Crippen MR) is 89.8 cm³/mol. The highest BCUT2D eigenvalue weighted by Crippen LogP contribution is 2.28. The van der Waals surface area contributed by atoms with Crippen LogP contribution in [0, 0.1) is 5.92 Å². The molecule has 1 fully saturated rings. The first-order valence-corrected chi connectivity index (χ1v) is 8.23. The molecule has 0 amide bonds. The number of hydrogen-bond donors (Lipinski definition) is 0. The van der Waals surface area contributed by atoms with Crippen molar-refractivity contribution in [3.63, 3.8) is 0 Å². The number of aryl methyl sites for hydroxylation is 1. The Labute approximate surface area is 132 Å². The van der Waals surface area contributed by atoms with Gasteiger partial charge in [0.1, 0.15) is 11.5 Å². The molecular formula is C18H24N4. The number of nitrogens with zero attached hydrogens (tertiary/aromatic N) is 4. The van der Waals surface area contributed by atoms with Gasteiger partial charge in [-0.3, -0.25) is 4.98 Å². The number of anilines is 1. The second-order valence-electron chi connectivity index (χ2n) is 6.29. The normalized spacial score (nSPS) is 21.9. The van der Waals surface area contributed by atoms with Gasteiger partial charge in [-0.05, 0) is 44.2 Å². The summed E-state index contributed by atoms with van der Waals surface area (Å²) < 4.78 is 0. The van der Waals surface area contributed by atoms with Gasteiger partial charge in [-0.15, -0.1) is 0 Å². The fraction of sp³-hybridized carbons (Fsp3) is 0.500. The second-order valence-corrected chi connectivity index (χ2v) is 6.29. The van der Waals surface area contributed by atoms with E-state index < -0.39 is 0 Å². The molecule has 0 saturated carbocycles. The maximum absolute atomic E-state index is 4.81. The molecule has 0 spiro atoms. The first kappa shape index (κ1) is 14.9. The highest BCUT2D eigenvalue weighted by molar-refractivity contribution is 5.54. The van der Waals surface area contributed by atoms with E-state index in [9.17, 15) is 0 Å². The first-order chi connectivity index (χ1) is 10.7. The molecule has 0 radical (unpaired) electrons. The molecule has 0 aromatic carbocycles. The van der Waals surface area contributed by atoms with E-state index in [2.05, 4.69) is 41.7 Å². The highest BCUT2D eigenvalue weighted by atomic mass is 15.2. The zero-order valence-electron chi connectivity index (χ0n) is 13.7. The molecule has 4 heteroatoms. The Morgan fingerprint density at radius 1 is 1.18 bits per heavy atom. The molecule has 0 N–H and O–H groups in total. The average molecular weight is 296 g/mol. The van der Waals surface area contributed by atoms with Gasteiger partial charge in [0.2, 0.25) is 0 Å². The van der Waals surface area contributed by atoms with Crippen molar-refractivity contribution in [2.75, 3.05) is 11.4 Å². The first-order valence-electron chi connectivity index (χ1n) is 8.23. The maximum Gasteiger partial charge on any atom is 0.180 e. The summed E-state index contributed by atoms with van der Waals surface area (Å²) in [5, 5.41) is 0. The topological polar surface area (TPSA) is 41.9 Å². The third kappa shape index (κ3) is 3.11. The van der Waals surface area contributed by atoms with E-state index in [0.717, 1.165) is 41.9 Å². The largest absolute Gasteiger partial charge is 0.354 e. The van der Waals surface area contributed by atoms with Gasteiger partial charge in [-0.25, -0.2) is 9.97 Å². The summed E-state index contributed by atoms with van der Waals surface area (Å²) in [5.74, 6) is 2.50. The molecule has 2 aromatic heterocycles. The van der Waals surface area contributed by atoms with Gasteiger partial charge in [0, 0.05) is 30.5 Å². The van der Waals surface area contributed by atoms with E-state index >= 15 is 0 Å². The summed E-state index contributed by atoms with van der Waals surface area (Å²) >= 11 is 0. The van der Waals surface area contributed by atoms with E-state index in [4.69, 9.17) is 4.98 Å².